The number of piperidine rings is 1. The largest absolute Gasteiger partial charge is 0.373 e. The fourth-order valence-electron chi connectivity index (χ4n) is 3.14. The Bertz CT molecular complexity index is 695. The van der Waals surface area contributed by atoms with Crippen LogP contribution in [0.4, 0.5) is 4.79 Å². The number of carbonyl (C=O) groups is 1. The summed E-state index contributed by atoms with van der Waals surface area (Å²) in [4.78, 5) is 26.1. The average molecular weight is 357 g/mol. The number of rotatable bonds is 6. The van der Waals surface area contributed by atoms with Crippen LogP contribution in [0.15, 0.2) is 30.7 Å². The van der Waals surface area contributed by atoms with Gasteiger partial charge in [-0.25, -0.2) is 9.78 Å². The molecule has 2 amide bonds. The molecule has 7 heteroatoms. The van der Waals surface area contributed by atoms with Gasteiger partial charge in [-0.15, -0.1) is 0 Å². The first-order chi connectivity index (χ1) is 12.7. The first-order valence-electron chi connectivity index (χ1n) is 9.23. The zero-order chi connectivity index (χ0) is 18.4. The van der Waals surface area contributed by atoms with Crippen molar-refractivity contribution < 1.29 is 9.53 Å². The van der Waals surface area contributed by atoms with Gasteiger partial charge in [0.1, 0.15) is 5.82 Å². The zero-order valence-corrected chi connectivity index (χ0v) is 15.4. The molecule has 0 aromatic carbocycles. The summed E-state index contributed by atoms with van der Waals surface area (Å²) in [5.41, 5.74) is 2.08. The van der Waals surface area contributed by atoms with E-state index in [4.69, 9.17) is 4.74 Å². The average Bonchev–Trinajstić information content (AvgIpc) is 3.11. The lowest BCUT2D eigenvalue weighted by Gasteiger charge is -2.33. The number of likely N-dealkylation sites (tertiary alicyclic amines) is 1. The lowest BCUT2D eigenvalue weighted by molar-refractivity contribution is 0.00415. The van der Waals surface area contributed by atoms with Crippen LogP contribution >= 0.6 is 0 Å². The summed E-state index contributed by atoms with van der Waals surface area (Å²) in [6.07, 6.45) is 8.06. The number of hydrogen-bond donors (Lipinski definition) is 2. The molecule has 3 heterocycles. The van der Waals surface area contributed by atoms with Crippen LogP contribution < -0.4 is 5.32 Å². The highest BCUT2D eigenvalue weighted by atomic mass is 16.5. The number of nitrogens with zero attached hydrogens (tertiary/aromatic N) is 3. The predicted octanol–water partition coefficient (Wildman–Crippen LogP) is 2.96. The van der Waals surface area contributed by atoms with Crippen molar-refractivity contribution in [1.29, 1.82) is 0 Å². The number of amides is 2. The minimum atomic E-state index is -0.0873. The Morgan fingerprint density at radius 1 is 1.42 bits per heavy atom. The molecule has 1 unspecified atom stereocenters. The molecule has 0 aliphatic carbocycles. The second-order valence-corrected chi connectivity index (χ2v) is 6.72. The van der Waals surface area contributed by atoms with Crippen LogP contribution in [0.3, 0.4) is 0 Å². The number of hydrogen-bond acceptors (Lipinski definition) is 4. The van der Waals surface area contributed by atoms with E-state index in [0.29, 0.717) is 19.7 Å². The van der Waals surface area contributed by atoms with Gasteiger partial charge in [0.25, 0.3) is 0 Å². The highest BCUT2D eigenvalue weighted by Gasteiger charge is 2.25. The molecule has 2 aromatic rings. The summed E-state index contributed by atoms with van der Waals surface area (Å²) in [6, 6.07) is 3.81. The van der Waals surface area contributed by atoms with E-state index < -0.39 is 0 Å². The molecular weight excluding hydrogens is 330 g/mol. The summed E-state index contributed by atoms with van der Waals surface area (Å²) in [6.45, 7) is 5.98. The number of aromatic nitrogens is 3. The molecule has 0 bridgehead atoms. The van der Waals surface area contributed by atoms with Gasteiger partial charge in [0.05, 0.1) is 18.8 Å². The molecular formula is C19H27N5O2. The Labute approximate surface area is 154 Å². The van der Waals surface area contributed by atoms with E-state index >= 15 is 0 Å². The molecule has 0 saturated carbocycles. The second kappa shape index (κ2) is 8.80. The molecule has 1 atom stereocenters. The number of ether oxygens (including phenoxy) is 1. The molecule has 3 rings (SSSR count). The normalized spacial score (nSPS) is 16.5. The van der Waals surface area contributed by atoms with E-state index in [9.17, 15) is 4.79 Å². The number of carbonyl (C=O) groups excluding carboxylic acids is 1. The molecule has 0 spiro atoms. The van der Waals surface area contributed by atoms with Crippen LogP contribution in [0.1, 0.15) is 49.3 Å². The van der Waals surface area contributed by atoms with Gasteiger partial charge in [0.15, 0.2) is 0 Å². The summed E-state index contributed by atoms with van der Waals surface area (Å²) in [5.74, 6) is 0.813. The van der Waals surface area contributed by atoms with Crippen molar-refractivity contribution in [2.75, 3.05) is 13.1 Å². The number of imidazole rings is 1. The topological polar surface area (TPSA) is 83.1 Å². The standard InChI is InChI=1S/C19H27N5O2/c1-3-17(18-21-11-14(2)22-18)23-19(25)24-9-6-16(7-10-24)26-13-15-5-4-8-20-12-15/h4-5,8,11-12,16-17H,3,6-7,9-10,13H2,1-2H3,(H,21,22)(H,23,25). The van der Waals surface area contributed by atoms with Gasteiger partial charge < -0.3 is 19.9 Å². The molecule has 2 aromatic heterocycles. The number of H-pyrrole nitrogens is 1. The minimum Gasteiger partial charge on any atom is -0.373 e. The zero-order valence-electron chi connectivity index (χ0n) is 15.4. The Hall–Kier alpha value is -2.41. The predicted molar refractivity (Wildman–Crippen MR) is 98.5 cm³/mol. The van der Waals surface area contributed by atoms with Crippen LogP contribution in [-0.4, -0.2) is 45.1 Å². The molecule has 26 heavy (non-hydrogen) atoms. The Morgan fingerprint density at radius 2 is 2.23 bits per heavy atom. The van der Waals surface area contributed by atoms with E-state index in [1.807, 2.05) is 37.1 Å². The van der Waals surface area contributed by atoms with E-state index in [1.54, 1.807) is 12.4 Å². The molecule has 2 N–H and O–H groups in total. The minimum absolute atomic E-state index is 0.0309. The summed E-state index contributed by atoms with van der Waals surface area (Å²) in [7, 11) is 0. The molecule has 0 radical (unpaired) electrons. The lowest BCUT2D eigenvalue weighted by Crippen LogP contribution is -2.47. The fourth-order valence-corrected chi connectivity index (χ4v) is 3.14. The van der Waals surface area contributed by atoms with Crippen molar-refractivity contribution >= 4 is 6.03 Å². The first kappa shape index (κ1) is 18.4. The van der Waals surface area contributed by atoms with Crippen LogP contribution in [0.5, 0.6) is 0 Å². The molecule has 1 aliphatic heterocycles. The third-order valence-corrected chi connectivity index (χ3v) is 4.70. The fraction of sp³-hybridized carbons (Fsp3) is 0.526. The van der Waals surface area contributed by atoms with E-state index in [0.717, 1.165) is 36.3 Å². The molecule has 1 aliphatic rings. The third kappa shape index (κ3) is 4.82. The van der Waals surface area contributed by atoms with Crippen LogP contribution in [0.25, 0.3) is 0 Å². The summed E-state index contributed by atoms with van der Waals surface area (Å²) in [5, 5.41) is 3.08. The second-order valence-electron chi connectivity index (χ2n) is 6.72. The Morgan fingerprint density at radius 3 is 2.85 bits per heavy atom. The quantitative estimate of drug-likeness (QED) is 0.833. The van der Waals surface area contributed by atoms with Gasteiger partial charge in [0.2, 0.25) is 0 Å². The maximum Gasteiger partial charge on any atom is 0.317 e. The monoisotopic (exact) mass is 357 g/mol. The molecule has 7 nitrogen and oxygen atoms in total. The SMILES string of the molecule is CCC(NC(=O)N1CCC(OCc2cccnc2)CC1)c1ncc(C)[nH]1. The van der Waals surface area contributed by atoms with Gasteiger partial charge in [-0.1, -0.05) is 13.0 Å². The first-order valence-corrected chi connectivity index (χ1v) is 9.23. The van der Waals surface area contributed by atoms with Gasteiger partial charge in [-0.2, -0.15) is 0 Å². The number of pyridine rings is 1. The van der Waals surface area contributed by atoms with Crippen LogP contribution in [0, 0.1) is 6.92 Å². The molecule has 1 saturated heterocycles. The highest BCUT2D eigenvalue weighted by Crippen LogP contribution is 2.18. The number of nitrogens with one attached hydrogen (secondary N) is 2. The maximum atomic E-state index is 12.6. The molecule has 1 fully saturated rings. The van der Waals surface area contributed by atoms with Crippen molar-refractivity contribution in [3.05, 3.63) is 47.8 Å². The van der Waals surface area contributed by atoms with Gasteiger partial charge in [0, 0.05) is 37.4 Å². The smallest absolute Gasteiger partial charge is 0.317 e. The number of aryl methyl sites for hydroxylation is 1. The van der Waals surface area contributed by atoms with Crippen LogP contribution in [0.2, 0.25) is 0 Å². The van der Waals surface area contributed by atoms with Crippen molar-refractivity contribution in [2.45, 2.75) is 51.9 Å². The van der Waals surface area contributed by atoms with Gasteiger partial charge in [-0.05, 0) is 37.8 Å². The lowest BCUT2D eigenvalue weighted by atomic mass is 10.1. The summed E-state index contributed by atoms with van der Waals surface area (Å²) < 4.78 is 5.96. The number of urea groups is 1. The molecule has 140 valence electrons. The van der Waals surface area contributed by atoms with Gasteiger partial charge in [-0.3, -0.25) is 4.98 Å². The van der Waals surface area contributed by atoms with Crippen molar-refractivity contribution in [2.24, 2.45) is 0 Å². The van der Waals surface area contributed by atoms with Crippen molar-refractivity contribution in [3.8, 4) is 0 Å². The summed E-state index contributed by atoms with van der Waals surface area (Å²) >= 11 is 0. The van der Waals surface area contributed by atoms with E-state index in [-0.39, 0.29) is 18.2 Å². The van der Waals surface area contributed by atoms with E-state index in [1.165, 1.54) is 0 Å². The number of aromatic amines is 1. The van der Waals surface area contributed by atoms with Gasteiger partial charge >= 0.3 is 6.03 Å². The van der Waals surface area contributed by atoms with Crippen molar-refractivity contribution in [3.63, 3.8) is 0 Å². The third-order valence-electron chi connectivity index (χ3n) is 4.70. The van der Waals surface area contributed by atoms with E-state index in [2.05, 4.69) is 20.3 Å². The van der Waals surface area contributed by atoms with Crippen LogP contribution in [-0.2, 0) is 11.3 Å². The Kier molecular flexibility index (Phi) is 6.22. The Balaban J connectivity index is 1.44. The highest BCUT2D eigenvalue weighted by molar-refractivity contribution is 5.74. The van der Waals surface area contributed by atoms with Crippen molar-refractivity contribution in [1.82, 2.24) is 25.2 Å². The maximum absolute atomic E-state index is 12.6.